The van der Waals surface area contributed by atoms with Gasteiger partial charge in [-0.1, -0.05) is 18.5 Å². The number of hydrogen-bond acceptors (Lipinski definition) is 8. The van der Waals surface area contributed by atoms with Gasteiger partial charge in [0.05, 0.1) is 5.69 Å². The van der Waals surface area contributed by atoms with Crippen LogP contribution in [0.15, 0.2) is 42.9 Å². The quantitative estimate of drug-likeness (QED) is 0.271. The van der Waals surface area contributed by atoms with Crippen LogP contribution in [0.5, 0.6) is 5.75 Å². The lowest BCUT2D eigenvalue weighted by molar-refractivity contribution is -0.133. The van der Waals surface area contributed by atoms with E-state index >= 15 is 0 Å². The number of alkyl halides is 2. The van der Waals surface area contributed by atoms with Gasteiger partial charge >= 0.3 is 6.61 Å². The second-order valence-electron chi connectivity index (χ2n) is 9.42. The van der Waals surface area contributed by atoms with Crippen LogP contribution < -0.4 is 21.1 Å². The summed E-state index contributed by atoms with van der Waals surface area (Å²) in [5, 5.41) is 14.9. The van der Waals surface area contributed by atoms with Gasteiger partial charge < -0.3 is 26.0 Å². The number of likely N-dealkylation sites (tertiary alicyclic amines) is 1. The van der Waals surface area contributed by atoms with Crippen molar-refractivity contribution in [2.24, 2.45) is 0 Å². The number of carbonyl (C=O) groups is 2. The molecule has 4 N–H and O–H groups in total. The highest BCUT2D eigenvalue weighted by Gasteiger charge is 2.26. The van der Waals surface area contributed by atoms with Crippen molar-refractivity contribution in [1.29, 1.82) is 0 Å². The van der Waals surface area contributed by atoms with Crippen LogP contribution in [-0.4, -0.2) is 73.4 Å². The summed E-state index contributed by atoms with van der Waals surface area (Å²) in [6, 6.07) is 6.05. The van der Waals surface area contributed by atoms with Crippen LogP contribution in [-0.2, 0) is 11.3 Å². The van der Waals surface area contributed by atoms with Gasteiger partial charge in [0.1, 0.15) is 23.6 Å². The molecule has 15 heteroatoms. The Kier molecular flexibility index (Phi) is 8.31. The number of halogens is 3. The van der Waals surface area contributed by atoms with Gasteiger partial charge in [0.15, 0.2) is 11.5 Å². The number of amides is 2. The predicted octanol–water partition coefficient (Wildman–Crippen LogP) is 3.28. The van der Waals surface area contributed by atoms with Gasteiger partial charge in [-0.25, -0.2) is 9.50 Å². The van der Waals surface area contributed by atoms with Crippen LogP contribution in [0.3, 0.4) is 0 Å². The number of rotatable bonds is 9. The average molecular weight is 588 g/mol. The van der Waals surface area contributed by atoms with Gasteiger partial charge in [0.2, 0.25) is 5.91 Å². The fourth-order valence-corrected chi connectivity index (χ4v) is 5.02. The standard InChI is InChI=1S/C26H28ClF2N9O3/c1-2-31-16-6-10-36(11-7-16)20(39)14-37-13-18(22(34-37)17-12-15(27)4-5-19(17)41-26(28)29)33-25(40)21-23(30)35-38-9-3-8-32-24(21)38/h3-5,8-9,12-13,16,26,31H,2,6-7,10-11,14H2,1H3,(H2,30,35)(H,33,40). The molecule has 0 bridgehead atoms. The molecule has 12 nitrogen and oxygen atoms in total. The Morgan fingerprint density at radius 1 is 1.24 bits per heavy atom. The minimum absolute atomic E-state index is 0.0130. The molecule has 3 aromatic heterocycles. The SMILES string of the molecule is CCNC1CCN(C(=O)Cn2cc(NC(=O)c3c(N)nn4cccnc34)c(-c3cc(Cl)ccc3OC(F)F)n2)CC1. The van der Waals surface area contributed by atoms with Gasteiger partial charge in [0, 0.05) is 48.3 Å². The largest absolute Gasteiger partial charge is 0.434 e. The molecular formula is C26H28ClF2N9O3. The van der Waals surface area contributed by atoms with Crippen LogP contribution in [0.4, 0.5) is 20.3 Å². The molecule has 1 fully saturated rings. The molecule has 0 radical (unpaired) electrons. The molecule has 4 aromatic rings. The zero-order valence-corrected chi connectivity index (χ0v) is 22.8. The van der Waals surface area contributed by atoms with Crippen molar-refractivity contribution in [1.82, 2.24) is 34.6 Å². The molecule has 2 amide bonds. The first-order valence-electron chi connectivity index (χ1n) is 13.0. The fraction of sp³-hybridized carbons (Fsp3) is 0.346. The molecule has 216 valence electrons. The molecule has 0 unspecified atom stereocenters. The van der Waals surface area contributed by atoms with Gasteiger partial charge in [0.25, 0.3) is 5.91 Å². The summed E-state index contributed by atoms with van der Waals surface area (Å²) in [6.45, 7) is 0.834. The molecule has 5 rings (SSSR count). The van der Waals surface area contributed by atoms with E-state index in [1.165, 1.54) is 39.8 Å². The second-order valence-corrected chi connectivity index (χ2v) is 9.86. The van der Waals surface area contributed by atoms with Crippen LogP contribution >= 0.6 is 11.6 Å². The lowest BCUT2D eigenvalue weighted by atomic mass is 10.1. The number of nitrogens with one attached hydrogen (secondary N) is 2. The van der Waals surface area contributed by atoms with Gasteiger partial charge in [-0.3, -0.25) is 14.3 Å². The summed E-state index contributed by atoms with van der Waals surface area (Å²) < 4.78 is 33.9. The maximum Gasteiger partial charge on any atom is 0.387 e. The van der Waals surface area contributed by atoms with Crippen molar-refractivity contribution in [2.75, 3.05) is 30.7 Å². The molecule has 0 atom stereocenters. The van der Waals surface area contributed by atoms with Crippen molar-refractivity contribution >= 4 is 40.6 Å². The average Bonchev–Trinajstić information content (AvgIpc) is 3.49. The van der Waals surface area contributed by atoms with E-state index < -0.39 is 12.5 Å². The molecule has 1 saturated heterocycles. The highest BCUT2D eigenvalue weighted by atomic mass is 35.5. The number of nitrogens with zero attached hydrogens (tertiary/aromatic N) is 6. The third kappa shape index (κ3) is 6.23. The summed E-state index contributed by atoms with van der Waals surface area (Å²) >= 11 is 6.19. The Morgan fingerprint density at radius 3 is 2.76 bits per heavy atom. The monoisotopic (exact) mass is 587 g/mol. The first-order valence-corrected chi connectivity index (χ1v) is 13.3. The van der Waals surface area contributed by atoms with Crippen LogP contribution in [0.1, 0.15) is 30.1 Å². The van der Waals surface area contributed by atoms with Crippen LogP contribution in [0, 0.1) is 0 Å². The molecule has 0 saturated carbocycles. The van der Waals surface area contributed by atoms with E-state index in [0.29, 0.717) is 19.1 Å². The Bertz CT molecular complexity index is 1570. The smallest absolute Gasteiger partial charge is 0.387 e. The number of fused-ring (bicyclic) bond motifs is 1. The Hall–Kier alpha value is -4.30. The fourth-order valence-electron chi connectivity index (χ4n) is 4.85. The second kappa shape index (κ2) is 12.1. The lowest BCUT2D eigenvalue weighted by Crippen LogP contribution is -2.45. The molecule has 0 aliphatic carbocycles. The summed E-state index contributed by atoms with van der Waals surface area (Å²) in [5.41, 5.74) is 6.52. The molecule has 4 heterocycles. The summed E-state index contributed by atoms with van der Waals surface area (Å²) in [4.78, 5) is 32.5. The third-order valence-electron chi connectivity index (χ3n) is 6.71. The van der Waals surface area contributed by atoms with E-state index in [9.17, 15) is 18.4 Å². The number of anilines is 2. The maximum atomic E-state index is 13.4. The van der Waals surface area contributed by atoms with Crippen LogP contribution in [0.25, 0.3) is 16.9 Å². The number of carbonyl (C=O) groups excluding carboxylic acids is 2. The summed E-state index contributed by atoms with van der Waals surface area (Å²) in [6.07, 6.45) is 6.18. The Morgan fingerprint density at radius 2 is 2.02 bits per heavy atom. The molecule has 41 heavy (non-hydrogen) atoms. The highest BCUT2D eigenvalue weighted by molar-refractivity contribution is 6.31. The number of ether oxygens (including phenoxy) is 1. The van der Waals surface area contributed by atoms with E-state index in [-0.39, 0.29) is 57.2 Å². The summed E-state index contributed by atoms with van der Waals surface area (Å²) in [7, 11) is 0. The first kappa shape index (κ1) is 28.2. The Labute approximate surface area is 238 Å². The minimum atomic E-state index is -3.12. The Balaban J connectivity index is 1.47. The molecular weight excluding hydrogens is 560 g/mol. The molecule has 0 spiro atoms. The van der Waals surface area contributed by atoms with E-state index in [1.807, 2.05) is 6.92 Å². The van der Waals surface area contributed by atoms with Crippen molar-refractivity contribution in [2.45, 2.75) is 39.0 Å². The maximum absolute atomic E-state index is 13.4. The predicted molar refractivity (Wildman–Crippen MR) is 148 cm³/mol. The van der Waals surface area contributed by atoms with Gasteiger partial charge in [-0.15, -0.1) is 5.10 Å². The zero-order valence-electron chi connectivity index (χ0n) is 22.1. The number of aromatic nitrogens is 5. The van der Waals surface area contributed by atoms with Crippen molar-refractivity contribution in [3.05, 3.63) is 53.4 Å². The number of nitrogen functional groups attached to an aromatic ring is 1. The topological polar surface area (TPSA) is 145 Å². The number of nitrogens with two attached hydrogens (primary N) is 1. The van der Waals surface area contributed by atoms with E-state index in [4.69, 9.17) is 22.1 Å². The van der Waals surface area contributed by atoms with Crippen molar-refractivity contribution in [3.63, 3.8) is 0 Å². The van der Waals surface area contributed by atoms with Crippen LogP contribution in [0.2, 0.25) is 5.02 Å². The molecule has 1 aliphatic heterocycles. The number of hydrogen-bond donors (Lipinski definition) is 3. The van der Waals surface area contributed by atoms with E-state index in [2.05, 4.69) is 25.8 Å². The van der Waals surface area contributed by atoms with Crippen molar-refractivity contribution in [3.8, 4) is 17.0 Å². The molecule has 1 aromatic carbocycles. The summed E-state index contributed by atoms with van der Waals surface area (Å²) in [5.74, 6) is -1.10. The number of piperidine rings is 1. The molecule has 1 aliphatic rings. The third-order valence-corrected chi connectivity index (χ3v) is 6.94. The van der Waals surface area contributed by atoms with Crippen molar-refractivity contribution < 1.29 is 23.1 Å². The number of benzene rings is 1. The lowest BCUT2D eigenvalue weighted by Gasteiger charge is -2.32. The highest BCUT2D eigenvalue weighted by Crippen LogP contribution is 2.37. The van der Waals surface area contributed by atoms with Gasteiger partial charge in [-0.2, -0.15) is 13.9 Å². The first-order chi connectivity index (χ1) is 19.7. The van der Waals surface area contributed by atoms with E-state index in [1.54, 1.807) is 17.2 Å². The van der Waals surface area contributed by atoms with E-state index in [0.717, 1.165) is 19.4 Å². The van der Waals surface area contributed by atoms with Gasteiger partial charge in [-0.05, 0) is 43.7 Å². The zero-order chi connectivity index (χ0) is 29.1. The normalized spacial score (nSPS) is 14.1. The minimum Gasteiger partial charge on any atom is -0.434 e.